The van der Waals surface area contributed by atoms with Crippen molar-refractivity contribution < 1.29 is 0 Å². The van der Waals surface area contributed by atoms with Gasteiger partial charge in [0.1, 0.15) is 11.6 Å². The number of anilines is 4. The van der Waals surface area contributed by atoms with Gasteiger partial charge in [0.05, 0.1) is 0 Å². The molecule has 0 bridgehead atoms. The van der Waals surface area contributed by atoms with Crippen LogP contribution in [0.1, 0.15) is 25.0 Å². The Labute approximate surface area is 143 Å². The number of para-hydroxylation sites is 2. The van der Waals surface area contributed by atoms with Gasteiger partial charge in [-0.1, -0.05) is 56.3 Å². The highest BCUT2D eigenvalue weighted by atomic mass is 15.1. The molecular weight excluding hydrogens is 294 g/mol. The lowest BCUT2D eigenvalue weighted by Gasteiger charge is -2.13. The van der Waals surface area contributed by atoms with E-state index < -0.39 is 0 Å². The van der Waals surface area contributed by atoms with Crippen molar-refractivity contribution in [2.24, 2.45) is 0 Å². The molecule has 24 heavy (non-hydrogen) atoms. The van der Waals surface area contributed by atoms with Crippen molar-refractivity contribution in [1.82, 2.24) is 4.98 Å². The fourth-order valence-electron chi connectivity index (χ4n) is 2.75. The maximum absolute atomic E-state index is 4.69. The van der Waals surface area contributed by atoms with Crippen LogP contribution in [0.25, 0.3) is 0 Å². The fourth-order valence-corrected chi connectivity index (χ4v) is 2.75. The zero-order valence-corrected chi connectivity index (χ0v) is 14.2. The Morgan fingerprint density at radius 1 is 0.625 bits per heavy atom. The van der Waals surface area contributed by atoms with E-state index in [0.29, 0.717) is 0 Å². The summed E-state index contributed by atoms with van der Waals surface area (Å²) in [5.41, 5.74) is 4.79. The smallest absolute Gasteiger partial charge is 0.132 e. The second kappa shape index (κ2) is 7.64. The van der Waals surface area contributed by atoms with Gasteiger partial charge >= 0.3 is 0 Å². The summed E-state index contributed by atoms with van der Waals surface area (Å²) in [6, 6.07) is 22.7. The third-order valence-corrected chi connectivity index (χ3v) is 4.07. The minimum absolute atomic E-state index is 0.842. The molecule has 0 aliphatic rings. The molecule has 0 aliphatic carbocycles. The Kier molecular flexibility index (Phi) is 5.12. The molecule has 3 rings (SSSR count). The summed E-state index contributed by atoms with van der Waals surface area (Å²) >= 11 is 0. The molecule has 122 valence electrons. The van der Waals surface area contributed by atoms with Gasteiger partial charge < -0.3 is 10.6 Å². The third-order valence-electron chi connectivity index (χ3n) is 4.07. The summed E-state index contributed by atoms with van der Waals surface area (Å²) in [7, 11) is 0. The molecule has 3 aromatic rings. The van der Waals surface area contributed by atoms with Gasteiger partial charge in [-0.15, -0.1) is 0 Å². The first-order valence-electron chi connectivity index (χ1n) is 8.47. The van der Waals surface area contributed by atoms with Crippen LogP contribution < -0.4 is 10.6 Å². The summed E-state index contributed by atoms with van der Waals surface area (Å²) < 4.78 is 0. The molecular formula is C21H23N3. The summed E-state index contributed by atoms with van der Waals surface area (Å²) in [6.07, 6.45) is 1.98. The molecule has 0 saturated heterocycles. The number of hydrogen-bond acceptors (Lipinski definition) is 3. The van der Waals surface area contributed by atoms with E-state index in [0.717, 1.165) is 35.9 Å². The Morgan fingerprint density at radius 2 is 1.08 bits per heavy atom. The number of aromatic nitrogens is 1. The predicted molar refractivity (Wildman–Crippen MR) is 102 cm³/mol. The average Bonchev–Trinajstić information content (AvgIpc) is 2.63. The fraction of sp³-hybridized carbons (Fsp3) is 0.190. The van der Waals surface area contributed by atoms with Crippen LogP contribution in [-0.4, -0.2) is 4.98 Å². The van der Waals surface area contributed by atoms with Crippen LogP contribution in [-0.2, 0) is 12.8 Å². The molecule has 0 atom stereocenters. The van der Waals surface area contributed by atoms with Gasteiger partial charge in [0.25, 0.3) is 0 Å². The van der Waals surface area contributed by atoms with Crippen molar-refractivity contribution >= 4 is 23.0 Å². The molecule has 0 unspecified atom stereocenters. The number of nitrogens with one attached hydrogen (secondary N) is 2. The number of rotatable bonds is 6. The van der Waals surface area contributed by atoms with Crippen molar-refractivity contribution in [2.75, 3.05) is 10.6 Å². The first-order chi connectivity index (χ1) is 11.8. The minimum atomic E-state index is 0.842. The normalized spacial score (nSPS) is 10.4. The number of nitrogens with zero attached hydrogens (tertiary/aromatic N) is 1. The van der Waals surface area contributed by atoms with Gasteiger partial charge in [0.15, 0.2) is 0 Å². The molecule has 0 spiro atoms. The molecule has 0 fully saturated rings. The van der Waals surface area contributed by atoms with Crippen LogP contribution in [0.3, 0.4) is 0 Å². The van der Waals surface area contributed by atoms with E-state index in [9.17, 15) is 0 Å². The Bertz CT molecular complexity index is 747. The van der Waals surface area contributed by atoms with E-state index in [-0.39, 0.29) is 0 Å². The van der Waals surface area contributed by atoms with Crippen LogP contribution in [0.5, 0.6) is 0 Å². The highest BCUT2D eigenvalue weighted by Gasteiger charge is 2.04. The van der Waals surface area contributed by atoms with E-state index >= 15 is 0 Å². The standard InChI is InChI=1S/C21H23N3/c1-3-16-10-5-7-12-18(16)22-20-14-9-15-21(24-20)23-19-13-8-6-11-17(19)4-2/h5-15H,3-4H2,1-2H3,(H2,22,23,24). The van der Waals surface area contributed by atoms with E-state index in [1.54, 1.807) is 0 Å². The average molecular weight is 317 g/mol. The van der Waals surface area contributed by atoms with Crippen LogP contribution >= 0.6 is 0 Å². The van der Waals surface area contributed by atoms with Gasteiger partial charge in [-0.3, -0.25) is 0 Å². The van der Waals surface area contributed by atoms with E-state index in [1.807, 2.05) is 30.3 Å². The van der Waals surface area contributed by atoms with Gasteiger partial charge in [-0.05, 0) is 48.2 Å². The van der Waals surface area contributed by atoms with E-state index in [2.05, 4.69) is 60.9 Å². The van der Waals surface area contributed by atoms with Crippen molar-refractivity contribution in [3.8, 4) is 0 Å². The van der Waals surface area contributed by atoms with Crippen LogP contribution in [0.2, 0.25) is 0 Å². The van der Waals surface area contributed by atoms with Gasteiger partial charge in [0.2, 0.25) is 0 Å². The molecule has 2 N–H and O–H groups in total. The number of benzene rings is 2. The monoisotopic (exact) mass is 317 g/mol. The minimum Gasteiger partial charge on any atom is -0.340 e. The second-order valence-electron chi connectivity index (χ2n) is 5.68. The van der Waals surface area contributed by atoms with Crippen molar-refractivity contribution in [1.29, 1.82) is 0 Å². The van der Waals surface area contributed by atoms with E-state index in [1.165, 1.54) is 11.1 Å². The highest BCUT2D eigenvalue weighted by Crippen LogP contribution is 2.23. The number of aryl methyl sites for hydroxylation is 2. The molecule has 3 heteroatoms. The van der Waals surface area contributed by atoms with Crippen LogP contribution in [0.15, 0.2) is 66.7 Å². The van der Waals surface area contributed by atoms with Gasteiger partial charge in [-0.2, -0.15) is 0 Å². The van der Waals surface area contributed by atoms with Gasteiger partial charge in [0, 0.05) is 11.4 Å². The molecule has 2 aromatic carbocycles. The maximum atomic E-state index is 4.69. The van der Waals surface area contributed by atoms with E-state index in [4.69, 9.17) is 4.98 Å². The number of hydrogen-bond donors (Lipinski definition) is 2. The largest absolute Gasteiger partial charge is 0.340 e. The Morgan fingerprint density at radius 3 is 1.54 bits per heavy atom. The molecule has 3 nitrogen and oxygen atoms in total. The first-order valence-corrected chi connectivity index (χ1v) is 8.47. The molecule has 0 radical (unpaired) electrons. The lowest BCUT2D eigenvalue weighted by Crippen LogP contribution is -2.01. The number of pyridine rings is 1. The Hall–Kier alpha value is -2.81. The first kappa shape index (κ1) is 16.1. The van der Waals surface area contributed by atoms with Gasteiger partial charge in [-0.25, -0.2) is 4.98 Å². The predicted octanol–water partition coefficient (Wildman–Crippen LogP) is 5.69. The molecule has 1 aromatic heterocycles. The van der Waals surface area contributed by atoms with Crippen molar-refractivity contribution in [2.45, 2.75) is 26.7 Å². The zero-order chi connectivity index (χ0) is 16.8. The lowest BCUT2D eigenvalue weighted by atomic mass is 10.1. The van der Waals surface area contributed by atoms with Crippen molar-refractivity contribution in [3.63, 3.8) is 0 Å². The molecule has 1 heterocycles. The zero-order valence-electron chi connectivity index (χ0n) is 14.2. The van der Waals surface area contributed by atoms with Crippen molar-refractivity contribution in [3.05, 3.63) is 77.9 Å². The molecule has 0 amide bonds. The van der Waals surface area contributed by atoms with Crippen LogP contribution in [0, 0.1) is 0 Å². The summed E-state index contributed by atoms with van der Waals surface area (Å²) in [5, 5.41) is 6.85. The highest BCUT2D eigenvalue weighted by molar-refractivity contribution is 5.65. The summed E-state index contributed by atoms with van der Waals surface area (Å²) in [6.45, 7) is 4.32. The SMILES string of the molecule is CCc1ccccc1Nc1cccc(Nc2ccccc2CC)n1. The topological polar surface area (TPSA) is 37.0 Å². The second-order valence-corrected chi connectivity index (χ2v) is 5.68. The summed E-state index contributed by atoms with van der Waals surface area (Å²) in [4.78, 5) is 4.69. The maximum Gasteiger partial charge on any atom is 0.132 e. The van der Waals surface area contributed by atoms with Crippen LogP contribution in [0.4, 0.5) is 23.0 Å². The lowest BCUT2D eigenvalue weighted by molar-refractivity contribution is 1.13. The third kappa shape index (κ3) is 3.74. The quantitative estimate of drug-likeness (QED) is 0.613. The summed E-state index contributed by atoms with van der Waals surface area (Å²) in [5.74, 6) is 1.68. The Balaban J connectivity index is 1.82. The molecule has 0 saturated carbocycles. The molecule has 0 aliphatic heterocycles.